The first-order valence-corrected chi connectivity index (χ1v) is 6.86. The molecule has 1 atom stereocenters. The normalized spacial score (nSPS) is 13.0. The summed E-state index contributed by atoms with van der Waals surface area (Å²) in [5, 5.41) is 7.76. The minimum atomic E-state index is 0.535. The maximum absolute atomic E-state index is 4.63. The molecule has 0 radical (unpaired) electrons. The largest absolute Gasteiger partial charge is 0.314 e. The predicted octanol–water partition coefficient (Wildman–Crippen LogP) is 2.44. The Bertz CT molecular complexity index is 477. The molecule has 0 saturated heterocycles. The van der Waals surface area contributed by atoms with Crippen molar-refractivity contribution >= 4 is 5.65 Å². The molecule has 0 aliphatic carbocycles. The number of aromatic nitrogens is 3. The fraction of sp³-hybridized carbons (Fsp3) is 0.571. The Balaban J connectivity index is 2.04. The van der Waals surface area contributed by atoms with Crippen LogP contribution in [0.1, 0.15) is 38.8 Å². The molecule has 2 aromatic rings. The van der Waals surface area contributed by atoms with Crippen LogP contribution >= 0.6 is 0 Å². The Labute approximate surface area is 108 Å². The number of rotatable bonds is 7. The van der Waals surface area contributed by atoms with Crippen LogP contribution in [-0.4, -0.2) is 27.2 Å². The van der Waals surface area contributed by atoms with E-state index in [0.29, 0.717) is 6.04 Å². The molecule has 0 aromatic carbocycles. The Morgan fingerprint density at radius 2 is 2.17 bits per heavy atom. The van der Waals surface area contributed by atoms with Gasteiger partial charge < -0.3 is 5.32 Å². The first-order valence-electron chi connectivity index (χ1n) is 6.86. The van der Waals surface area contributed by atoms with E-state index in [1.807, 2.05) is 12.3 Å². The van der Waals surface area contributed by atoms with Crippen LogP contribution in [0.3, 0.4) is 0 Å². The molecule has 2 rings (SSSR count). The monoisotopic (exact) mass is 246 g/mol. The lowest BCUT2D eigenvalue weighted by Crippen LogP contribution is -2.32. The van der Waals surface area contributed by atoms with Crippen molar-refractivity contribution in [3.05, 3.63) is 30.2 Å². The third kappa shape index (κ3) is 3.29. The zero-order valence-corrected chi connectivity index (χ0v) is 11.3. The fourth-order valence-electron chi connectivity index (χ4n) is 2.19. The van der Waals surface area contributed by atoms with Crippen molar-refractivity contribution in [1.29, 1.82) is 0 Å². The van der Waals surface area contributed by atoms with Crippen LogP contribution in [0.2, 0.25) is 0 Å². The zero-order chi connectivity index (χ0) is 12.8. The Kier molecular flexibility index (Phi) is 4.70. The summed E-state index contributed by atoms with van der Waals surface area (Å²) in [4.78, 5) is 4.63. The average Bonchev–Trinajstić information content (AvgIpc) is 2.83. The molecule has 0 fully saturated rings. The highest BCUT2D eigenvalue weighted by molar-refractivity contribution is 5.36. The minimum Gasteiger partial charge on any atom is -0.314 e. The summed E-state index contributed by atoms with van der Waals surface area (Å²) >= 11 is 0. The van der Waals surface area contributed by atoms with Crippen LogP contribution in [0, 0.1) is 0 Å². The molecule has 18 heavy (non-hydrogen) atoms. The molecule has 0 aliphatic rings. The van der Waals surface area contributed by atoms with E-state index in [4.69, 9.17) is 0 Å². The van der Waals surface area contributed by atoms with Gasteiger partial charge in [-0.2, -0.15) is 5.10 Å². The van der Waals surface area contributed by atoms with Crippen molar-refractivity contribution in [2.45, 2.75) is 45.6 Å². The second-order valence-corrected chi connectivity index (χ2v) is 4.70. The van der Waals surface area contributed by atoms with Gasteiger partial charge in [0.2, 0.25) is 0 Å². The SMILES string of the molecule is CCCNC(CCC)Cc1ccn2nccc2n1. The quantitative estimate of drug-likeness (QED) is 0.816. The summed E-state index contributed by atoms with van der Waals surface area (Å²) < 4.78 is 1.80. The summed E-state index contributed by atoms with van der Waals surface area (Å²) in [7, 11) is 0. The lowest BCUT2D eigenvalue weighted by Gasteiger charge is -2.17. The highest BCUT2D eigenvalue weighted by atomic mass is 15.2. The molecule has 0 amide bonds. The van der Waals surface area contributed by atoms with E-state index >= 15 is 0 Å². The van der Waals surface area contributed by atoms with Crippen molar-refractivity contribution in [3.63, 3.8) is 0 Å². The van der Waals surface area contributed by atoms with E-state index in [2.05, 4.69) is 35.3 Å². The van der Waals surface area contributed by atoms with Crippen molar-refractivity contribution in [1.82, 2.24) is 19.9 Å². The average molecular weight is 246 g/mol. The second kappa shape index (κ2) is 6.50. The van der Waals surface area contributed by atoms with Gasteiger partial charge in [-0.15, -0.1) is 0 Å². The number of fused-ring (bicyclic) bond motifs is 1. The number of hydrogen-bond donors (Lipinski definition) is 1. The first-order chi connectivity index (χ1) is 8.83. The van der Waals surface area contributed by atoms with E-state index in [-0.39, 0.29) is 0 Å². The van der Waals surface area contributed by atoms with E-state index < -0.39 is 0 Å². The minimum absolute atomic E-state index is 0.535. The van der Waals surface area contributed by atoms with Gasteiger partial charge in [0.15, 0.2) is 5.65 Å². The summed E-state index contributed by atoms with van der Waals surface area (Å²) in [5.41, 5.74) is 2.07. The van der Waals surface area contributed by atoms with Crippen LogP contribution in [0.15, 0.2) is 24.5 Å². The summed E-state index contributed by atoms with van der Waals surface area (Å²) in [5.74, 6) is 0. The number of nitrogens with one attached hydrogen (secondary N) is 1. The summed E-state index contributed by atoms with van der Waals surface area (Å²) in [6.45, 7) is 5.51. The van der Waals surface area contributed by atoms with Crippen LogP contribution in [0.25, 0.3) is 5.65 Å². The molecule has 0 spiro atoms. The van der Waals surface area contributed by atoms with Gasteiger partial charge in [0.1, 0.15) is 0 Å². The van der Waals surface area contributed by atoms with Crippen molar-refractivity contribution in [2.75, 3.05) is 6.54 Å². The molecular weight excluding hydrogens is 224 g/mol. The summed E-state index contributed by atoms with van der Waals surface area (Å²) in [6, 6.07) is 4.54. The molecule has 98 valence electrons. The third-order valence-corrected chi connectivity index (χ3v) is 3.09. The van der Waals surface area contributed by atoms with Gasteiger partial charge in [-0.05, 0) is 25.5 Å². The van der Waals surface area contributed by atoms with Crippen LogP contribution in [0.4, 0.5) is 0 Å². The van der Waals surface area contributed by atoms with Crippen LogP contribution < -0.4 is 5.32 Å². The van der Waals surface area contributed by atoms with Gasteiger partial charge >= 0.3 is 0 Å². The zero-order valence-electron chi connectivity index (χ0n) is 11.3. The predicted molar refractivity (Wildman–Crippen MR) is 73.7 cm³/mol. The number of nitrogens with zero attached hydrogens (tertiary/aromatic N) is 3. The molecular formula is C14H22N4. The van der Waals surface area contributed by atoms with Crippen LogP contribution in [0.5, 0.6) is 0 Å². The molecule has 2 aromatic heterocycles. The van der Waals surface area contributed by atoms with Gasteiger partial charge in [-0.3, -0.25) is 0 Å². The smallest absolute Gasteiger partial charge is 0.155 e. The van der Waals surface area contributed by atoms with Crippen LogP contribution in [-0.2, 0) is 6.42 Å². The Morgan fingerprint density at radius 3 is 2.94 bits per heavy atom. The van der Waals surface area contributed by atoms with Crippen molar-refractivity contribution < 1.29 is 0 Å². The third-order valence-electron chi connectivity index (χ3n) is 3.09. The maximum Gasteiger partial charge on any atom is 0.155 e. The molecule has 4 nitrogen and oxygen atoms in total. The molecule has 0 aliphatic heterocycles. The molecule has 1 N–H and O–H groups in total. The molecule has 0 saturated carbocycles. The number of hydrogen-bond acceptors (Lipinski definition) is 3. The molecule has 0 bridgehead atoms. The maximum atomic E-state index is 4.63. The Morgan fingerprint density at radius 1 is 1.28 bits per heavy atom. The second-order valence-electron chi connectivity index (χ2n) is 4.70. The van der Waals surface area contributed by atoms with E-state index in [1.54, 1.807) is 10.7 Å². The first kappa shape index (κ1) is 13.0. The topological polar surface area (TPSA) is 42.2 Å². The molecule has 2 heterocycles. The van der Waals surface area contributed by atoms with Gasteiger partial charge in [0, 0.05) is 30.4 Å². The van der Waals surface area contributed by atoms with Crippen molar-refractivity contribution in [2.24, 2.45) is 0 Å². The summed E-state index contributed by atoms with van der Waals surface area (Å²) in [6.07, 6.45) is 8.35. The standard InChI is InChI=1S/C14H22N4/c1-3-5-12(15-8-4-2)11-13-7-10-18-14(17-13)6-9-16-18/h6-7,9-10,12,15H,3-5,8,11H2,1-2H3. The van der Waals surface area contributed by atoms with E-state index in [1.165, 1.54) is 19.3 Å². The fourth-order valence-corrected chi connectivity index (χ4v) is 2.19. The highest BCUT2D eigenvalue weighted by Gasteiger charge is 2.09. The lowest BCUT2D eigenvalue weighted by atomic mass is 10.1. The van der Waals surface area contributed by atoms with Gasteiger partial charge in [0.25, 0.3) is 0 Å². The van der Waals surface area contributed by atoms with E-state index in [9.17, 15) is 0 Å². The van der Waals surface area contributed by atoms with Gasteiger partial charge in [0.05, 0.1) is 6.20 Å². The lowest BCUT2D eigenvalue weighted by molar-refractivity contribution is 0.469. The van der Waals surface area contributed by atoms with Crippen molar-refractivity contribution in [3.8, 4) is 0 Å². The highest BCUT2D eigenvalue weighted by Crippen LogP contribution is 2.07. The van der Waals surface area contributed by atoms with Gasteiger partial charge in [-0.25, -0.2) is 9.50 Å². The van der Waals surface area contributed by atoms with E-state index in [0.717, 1.165) is 24.3 Å². The molecule has 1 unspecified atom stereocenters. The Hall–Kier alpha value is -1.42. The van der Waals surface area contributed by atoms with Gasteiger partial charge in [-0.1, -0.05) is 20.3 Å². The molecule has 4 heteroatoms.